The van der Waals surface area contributed by atoms with Crippen molar-refractivity contribution in [3.8, 4) is 6.07 Å². The number of halogens is 1. The van der Waals surface area contributed by atoms with Crippen molar-refractivity contribution in [1.82, 2.24) is 0 Å². The number of nitrogens with zero attached hydrogens (tertiary/aromatic N) is 1. The van der Waals surface area contributed by atoms with E-state index in [0.29, 0.717) is 28.5 Å². The van der Waals surface area contributed by atoms with Gasteiger partial charge in [-0.25, -0.2) is 0 Å². The van der Waals surface area contributed by atoms with Gasteiger partial charge >= 0.3 is 0 Å². The van der Waals surface area contributed by atoms with Gasteiger partial charge in [0.05, 0.1) is 10.6 Å². The molecule has 126 valence electrons. The second-order valence-electron chi connectivity index (χ2n) is 6.92. The van der Waals surface area contributed by atoms with Crippen molar-refractivity contribution in [3.63, 3.8) is 0 Å². The van der Waals surface area contributed by atoms with Gasteiger partial charge in [0.25, 0.3) is 10.9 Å². The fourth-order valence-corrected chi connectivity index (χ4v) is 2.33. The van der Waals surface area contributed by atoms with Crippen LogP contribution in [0.25, 0.3) is 0 Å². The van der Waals surface area contributed by atoms with Gasteiger partial charge in [-0.15, -0.1) is 0 Å². The minimum Gasteiger partial charge on any atom is -0.377 e. The molecule has 0 saturated heterocycles. The van der Waals surface area contributed by atoms with Crippen LogP contribution in [0.3, 0.4) is 0 Å². The molecule has 6 heteroatoms. The van der Waals surface area contributed by atoms with E-state index in [4.69, 9.17) is 16.9 Å². The third-order valence-corrected chi connectivity index (χ3v) is 4.51. The van der Waals surface area contributed by atoms with Crippen LogP contribution >= 0.6 is 11.6 Å². The van der Waals surface area contributed by atoms with Crippen molar-refractivity contribution in [2.45, 2.75) is 40.3 Å². The molecule has 2 aromatic carbocycles. The lowest BCUT2D eigenvalue weighted by Crippen LogP contribution is -2.41. The summed E-state index contributed by atoms with van der Waals surface area (Å²) in [7, 11) is 0. The second kappa shape index (κ2) is 6.66. The van der Waals surface area contributed by atoms with Gasteiger partial charge in [-0.3, -0.25) is 9.59 Å². The number of benzene rings is 1. The molecule has 0 aliphatic carbocycles. The van der Waals surface area contributed by atoms with Crippen molar-refractivity contribution >= 4 is 23.0 Å². The Kier molecular flexibility index (Phi) is 5.00. The average molecular weight is 346 g/mol. The number of nitrogens with one attached hydrogen (secondary N) is 2. The third-order valence-electron chi connectivity index (χ3n) is 4.19. The normalized spacial score (nSPS) is 12.7. The second-order valence-corrected chi connectivity index (χ2v) is 7.33. The zero-order valence-electron chi connectivity index (χ0n) is 14.2. The van der Waals surface area contributed by atoms with E-state index in [1.165, 1.54) is 0 Å². The van der Waals surface area contributed by atoms with Crippen LogP contribution in [-0.4, -0.2) is 6.04 Å². The fourth-order valence-electron chi connectivity index (χ4n) is 2.08. The minimum absolute atomic E-state index is 0.0331. The molecule has 0 fully saturated rings. The lowest BCUT2D eigenvalue weighted by molar-refractivity contribution is 0.359. The smallest absolute Gasteiger partial charge is 0.253 e. The highest BCUT2D eigenvalue weighted by atomic mass is 35.5. The number of rotatable bonds is 5. The van der Waals surface area contributed by atoms with Gasteiger partial charge in [-0.05, 0) is 30.0 Å². The van der Waals surface area contributed by atoms with Crippen molar-refractivity contribution < 1.29 is 0 Å². The van der Waals surface area contributed by atoms with Crippen LogP contribution in [0.1, 0.15) is 38.8 Å². The summed E-state index contributed by atoms with van der Waals surface area (Å²) in [6.45, 7) is 8.49. The van der Waals surface area contributed by atoms with Crippen molar-refractivity contribution in [2.24, 2.45) is 5.41 Å². The largest absolute Gasteiger partial charge is 0.377 e. The molecule has 0 heterocycles. The minimum atomic E-state index is -0.515. The molecule has 0 aliphatic rings. The molecule has 1 atom stereocenters. The highest BCUT2D eigenvalue weighted by Gasteiger charge is 2.26. The Balaban J connectivity index is 2.13. The Bertz CT molecular complexity index is 868. The van der Waals surface area contributed by atoms with Gasteiger partial charge in [0.15, 0.2) is 0 Å². The number of hydrogen-bond donors (Lipinski definition) is 2. The molecular formula is C18H20ClN3O2. The van der Waals surface area contributed by atoms with E-state index in [1.807, 2.05) is 13.0 Å². The monoisotopic (exact) mass is 345 g/mol. The van der Waals surface area contributed by atoms with Crippen LogP contribution in [-0.2, 0) is 6.54 Å². The Morgan fingerprint density at radius 3 is 2.38 bits per heavy atom. The summed E-state index contributed by atoms with van der Waals surface area (Å²) in [5, 5.41) is 15.4. The third kappa shape index (κ3) is 3.60. The zero-order valence-corrected chi connectivity index (χ0v) is 14.9. The molecule has 24 heavy (non-hydrogen) atoms. The number of nitriles is 1. The molecule has 5 nitrogen and oxygen atoms in total. The zero-order chi connectivity index (χ0) is 18.1. The first kappa shape index (κ1) is 18.0. The molecule has 0 radical (unpaired) electrons. The Morgan fingerprint density at radius 1 is 1.21 bits per heavy atom. The summed E-state index contributed by atoms with van der Waals surface area (Å²) in [5.74, 6) is 0. The van der Waals surface area contributed by atoms with E-state index in [1.54, 1.807) is 18.2 Å². The molecule has 2 rings (SSSR count). The maximum atomic E-state index is 11.8. The number of hydrogen-bond acceptors (Lipinski definition) is 5. The molecular weight excluding hydrogens is 326 g/mol. The molecule has 0 bridgehead atoms. The predicted octanol–water partition coefficient (Wildman–Crippen LogP) is 3.27. The summed E-state index contributed by atoms with van der Waals surface area (Å²) >= 11 is 6.00. The Labute approximate surface area is 146 Å². The van der Waals surface area contributed by atoms with Gasteiger partial charge in [-0.2, -0.15) is 5.26 Å². The lowest BCUT2D eigenvalue weighted by Gasteiger charge is -2.30. The van der Waals surface area contributed by atoms with Gasteiger partial charge in [0, 0.05) is 12.6 Å². The van der Waals surface area contributed by atoms with E-state index in [0.717, 1.165) is 5.56 Å². The summed E-state index contributed by atoms with van der Waals surface area (Å²) in [6.07, 6.45) is 0. The molecule has 2 aromatic rings. The first-order valence-corrected chi connectivity index (χ1v) is 8.05. The van der Waals surface area contributed by atoms with E-state index >= 15 is 0 Å². The van der Waals surface area contributed by atoms with Crippen molar-refractivity contribution in [1.29, 1.82) is 5.26 Å². The lowest BCUT2D eigenvalue weighted by atomic mass is 9.87. The summed E-state index contributed by atoms with van der Waals surface area (Å²) < 4.78 is 0. The summed E-state index contributed by atoms with van der Waals surface area (Å²) in [5.41, 5.74) is 0.804. The standard InChI is InChI=1S/C18H20ClN3O2/c1-10(18(2,3)4)22-15-14(16(23)17(15)24)21-9-11-5-6-12(8-20)13(19)7-11/h5-7,10,21-22H,9H2,1-4H3. The topological polar surface area (TPSA) is 82.0 Å². The highest BCUT2D eigenvalue weighted by Crippen LogP contribution is 2.25. The fraction of sp³-hybridized carbons (Fsp3) is 0.389. The van der Waals surface area contributed by atoms with Crippen LogP contribution in [0.15, 0.2) is 27.8 Å². The number of anilines is 2. The van der Waals surface area contributed by atoms with Crippen LogP contribution in [0.4, 0.5) is 11.4 Å². The van der Waals surface area contributed by atoms with Crippen molar-refractivity contribution in [2.75, 3.05) is 10.6 Å². The maximum absolute atomic E-state index is 11.8. The van der Waals surface area contributed by atoms with E-state index in [9.17, 15) is 9.59 Å². The molecule has 1 unspecified atom stereocenters. The quantitative estimate of drug-likeness (QED) is 0.813. The summed E-state index contributed by atoms with van der Waals surface area (Å²) in [6, 6.07) is 7.08. The molecule has 0 aromatic heterocycles. The first-order valence-electron chi connectivity index (χ1n) is 7.67. The van der Waals surface area contributed by atoms with E-state index in [2.05, 4.69) is 31.4 Å². The molecule has 0 amide bonds. The Hall–Kier alpha value is -2.32. The van der Waals surface area contributed by atoms with E-state index < -0.39 is 10.9 Å². The first-order chi connectivity index (χ1) is 11.1. The molecule has 0 spiro atoms. The molecule has 0 aliphatic heterocycles. The van der Waals surface area contributed by atoms with Crippen LogP contribution in [0.5, 0.6) is 0 Å². The van der Waals surface area contributed by atoms with Gasteiger partial charge in [0.1, 0.15) is 17.4 Å². The van der Waals surface area contributed by atoms with Crippen LogP contribution in [0.2, 0.25) is 5.02 Å². The van der Waals surface area contributed by atoms with Gasteiger partial charge in [0.2, 0.25) is 0 Å². The maximum Gasteiger partial charge on any atom is 0.253 e. The molecule has 0 saturated carbocycles. The van der Waals surface area contributed by atoms with Gasteiger partial charge in [-0.1, -0.05) is 38.4 Å². The van der Waals surface area contributed by atoms with Gasteiger partial charge < -0.3 is 10.6 Å². The van der Waals surface area contributed by atoms with Crippen LogP contribution in [0, 0.1) is 16.7 Å². The van der Waals surface area contributed by atoms with E-state index in [-0.39, 0.29) is 11.5 Å². The SMILES string of the molecule is CC(Nc1c(NCc2ccc(C#N)c(Cl)c2)c(=O)c1=O)C(C)(C)C. The average Bonchev–Trinajstić information content (AvgIpc) is 2.52. The Morgan fingerprint density at radius 2 is 1.83 bits per heavy atom. The summed E-state index contributed by atoms with van der Waals surface area (Å²) in [4.78, 5) is 23.6. The van der Waals surface area contributed by atoms with Crippen LogP contribution < -0.4 is 21.5 Å². The predicted molar refractivity (Wildman–Crippen MR) is 97.4 cm³/mol. The highest BCUT2D eigenvalue weighted by molar-refractivity contribution is 6.31. The molecule has 2 N–H and O–H groups in total. The van der Waals surface area contributed by atoms with Crippen molar-refractivity contribution in [3.05, 3.63) is 54.8 Å².